The van der Waals surface area contributed by atoms with Crippen molar-refractivity contribution in [1.82, 2.24) is 19.9 Å². The summed E-state index contributed by atoms with van der Waals surface area (Å²) in [5.74, 6) is 0.986. The minimum atomic E-state index is -0.0206. The molecule has 1 aromatic carbocycles. The average molecular weight is 426 g/mol. The molecule has 5 heterocycles. The summed E-state index contributed by atoms with van der Waals surface area (Å²) >= 11 is 0. The maximum absolute atomic E-state index is 5.78. The van der Waals surface area contributed by atoms with E-state index in [-0.39, 0.29) is 6.04 Å². The van der Waals surface area contributed by atoms with Crippen LogP contribution in [0.2, 0.25) is 0 Å². The van der Waals surface area contributed by atoms with Gasteiger partial charge in [0.25, 0.3) is 5.90 Å². The molecule has 0 amide bonds. The lowest BCUT2D eigenvalue weighted by molar-refractivity contribution is 0.122. The summed E-state index contributed by atoms with van der Waals surface area (Å²) in [7, 11) is 0. The Kier molecular flexibility index (Phi) is 4.77. The topological polar surface area (TPSA) is 88.5 Å². The number of fused-ring (bicyclic) bond motifs is 1. The molecular weight excluding hydrogens is 404 g/mol. The highest BCUT2D eigenvalue weighted by molar-refractivity contribution is 5.96. The average Bonchev–Trinajstić information content (AvgIpc) is 3.53. The first-order valence-electron chi connectivity index (χ1n) is 10.7. The fourth-order valence-electron chi connectivity index (χ4n) is 4.15. The number of aromatic amines is 1. The predicted molar refractivity (Wildman–Crippen MR) is 122 cm³/mol. The first-order valence-corrected chi connectivity index (χ1v) is 10.7. The predicted octanol–water partition coefficient (Wildman–Crippen LogP) is 3.37. The van der Waals surface area contributed by atoms with Crippen LogP contribution in [0.15, 0.2) is 66.2 Å². The van der Waals surface area contributed by atoms with Gasteiger partial charge in [-0.05, 0) is 11.6 Å². The van der Waals surface area contributed by atoms with Gasteiger partial charge in [-0.25, -0.2) is 19.9 Å². The molecule has 0 saturated carbocycles. The van der Waals surface area contributed by atoms with Gasteiger partial charge in [0.15, 0.2) is 0 Å². The second kappa shape index (κ2) is 8.05. The van der Waals surface area contributed by atoms with Gasteiger partial charge in [-0.2, -0.15) is 0 Å². The second-order valence-corrected chi connectivity index (χ2v) is 7.86. The van der Waals surface area contributed by atoms with E-state index in [9.17, 15) is 0 Å². The highest BCUT2D eigenvalue weighted by atomic mass is 16.5. The molecule has 8 heteroatoms. The Balaban J connectivity index is 1.27. The van der Waals surface area contributed by atoms with Crippen molar-refractivity contribution in [3.63, 3.8) is 0 Å². The molecule has 2 aliphatic rings. The van der Waals surface area contributed by atoms with Gasteiger partial charge in [0, 0.05) is 48.2 Å². The number of pyridine rings is 1. The Morgan fingerprint density at radius 2 is 1.78 bits per heavy atom. The van der Waals surface area contributed by atoms with Gasteiger partial charge in [-0.15, -0.1) is 0 Å². The molecular formula is C24H22N6O2. The maximum atomic E-state index is 5.78. The summed E-state index contributed by atoms with van der Waals surface area (Å²) in [5, 5.41) is 1.05. The number of morpholine rings is 1. The number of aromatic nitrogens is 4. The first kappa shape index (κ1) is 18.9. The van der Waals surface area contributed by atoms with Crippen LogP contribution in [0.4, 0.5) is 5.69 Å². The van der Waals surface area contributed by atoms with Crippen LogP contribution in [0, 0.1) is 0 Å². The Morgan fingerprint density at radius 3 is 2.59 bits per heavy atom. The third-order valence-electron chi connectivity index (χ3n) is 5.88. The van der Waals surface area contributed by atoms with Crippen molar-refractivity contribution in [2.45, 2.75) is 6.04 Å². The van der Waals surface area contributed by atoms with Crippen LogP contribution in [0.1, 0.15) is 17.4 Å². The van der Waals surface area contributed by atoms with E-state index >= 15 is 0 Å². The van der Waals surface area contributed by atoms with Crippen LogP contribution in [-0.2, 0) is 9.47 Å². The standard InChI is InChI=1S/C24H22N6O2/c1-2-4-16(5-3-1)21-15-32-24(29-21)23-25-11-17(12-26-23)20-14-28-22-19(20)10-18(13-27-22)30-6-8-31-9-7-30/h1-5,10-14,21H,6-9,15H2,(H,27,28). The highest BCUT2D eigenvalue weighted by Crippen LogP contribution is 2.30. The molecule has 0 spiro atoms. The number of benzene rings is 1. The molecule has 8 nitrogen and oxygen atoms in total. The third-order valence-corrected chi connectivity index (χ3v) is 5.88. The van der Waals surface area contributed by atoms with Crippen molar-refractivity contribution in [2.24, 2.45) is 4.99 Å². The lowest BCUT2D eigenvalue weighted by atomic mass is 10.1. The zero-order valence-electron chi connectivity index (χ0n) is 17.4. The van der Waals surface area contributed by atoms with Gasteiger partial charge < -0.3 is 19.4 Å². The van der Waals surface area contributed by atoms with E-state index < -0.39 is 0 Å². The molecule has 1 N–H and O–H groups in total. The van der Waals surface area contributed by atoms with Crippen LogP contribution in [0.3, 0.4) is 0 Å². The molecule has 0 bridgehead atoms. The molecule has 3 aromatic heterocycles. The molecule has 4 aromatic rings. The third kappa shape index (κ3) is 3.48. The molecule has 0 aliphatic carbocycles. The van der Waals surface area contributed by atoms with Gasteiger partial charge >= 0.3 is 0 Å². The monoisotopic (exact) mass is 426 g/mol. The largest absolute Gasteiger partial charge is 0.473 e. The van der Waals surface area contributed by atoms with Crippen LogP contribution < -0.4 is 4.90 Å². The number of ether oxygens (including phenoxy) is 2. The highest BCUT2D eigenvalue weighted by Gasteiger charge is 2.23. The van der Waals surface area contributed by atoms with Gasteiger partial charge in [0.2, 0.25) is 5.82 Å². The summed E-state index contributed by atoms with van der Waals surface area (Å²) in [4.78, 5) is 23.9. The van der Waals surface area contributed by atoms with Gasteiger partial charge in [0.1, 0.15) is 18.3 Å². The maximum Gasteiger partial charge on any atom is 0.255 e. The number of H-pyrrole nitrogens is 1. The quantitative estimate of drug-likeness (QED) is 0.538. The molecule has 1 fully saturated rings. The van der Waals surface area contributed by atoms with E-state index in [0.717, 1.165) is 59.7 Å². The number of aliphatic imine (C=N–C) groups is 1. The molecule has 1 atom stereocenters. The molecule has 2 aliphatic heterocycles. The van der Waals surface area contributed by atoms with E-state index in [1.807, 2.05) is 43.0 Å². The Bertz CT molecular complexity index is 1260. The van der Waals surface area contributed by atoms with Crippen LogP contribution in [0.5, 0.6) is 0 Å². The lowest BCUT2D eigenvalue weighted by Crippen LogP contribution is -2.36. The van der Waals surface area contributed by atoms with E-state index in [4.69, 9.17) is 9.47 Å². The van der Waals surface area contributed by atoms with Gasteiger partial charge in [-0.3, -0.25) is 0 Å². The molecule has 1 unspecified atom stereocenters. The van der Waals surface area contributed by atoms with Crippen molar-refractivity contribution in [1.29, 1.82) is 0 Å². The summed E-state index contributed by atoms with van der Waals surface area (Å²) in [5.41, 5.74) is 5.00. The van der Waals surface area contributed by atoms with E-state index in [0.29, 0.717) is 18.3 Å². The van der Waals surface area contributed by atoms with Gasteiger partial charge in [0.05, 0.1) is 25.1 Å². The number of hydrogen-bond acceptors (Lipinski definition) is 7. The minimum absolute atomic E-state index is 0.0206. The van der Waals surface area contributed by atoms with Crippen molar-refractivity contribution < 1.29 is 9.47 Å². The fourth-order valence-corrected chi connectivity index (χ4v) is 4.15. The molecule has 160 valence electrons. The van der Waals surface area contributed by atoms with Gasteiger partial charge in [-0.1, -0.05) is 30.3 Å². The number of nitrogens with one attached hydrogen (secondary N) is 1. The smallest absolute Gasteiger partial charge is 0.255 e. The fraction of sp³-hybridized carbons (Fsp3) is 0.250. The zero-order valence-corrected chi connectivity index (χ0v) is 17.4. The van der Waals surface area contributed by atoms with Crippen LogP contribution in [-0.4, -0.2) is 58.7 Å². The lowest BCUT2D eigenvalue weighted by Gasteiger charge is -2.28. The van der Waals surface area contributed by atoms with E-state index in [2.05, 4.69) is 48.0 Å². The Hall–Kier alpha value is -3.78. The number of hydrogen-bond donors (Lipinski definition) is 1. The molecule has 0 radical (unpaired) electrons. The molecule has 32 heavy (non-hydrogen) atoms. The van der Waals surface area contributed by atoms with Crippen LogP contribution in [0.25, 0.3) is 22.2 Å². The van der Waals surface area contributed by atoms with E-state index in [1.54, 1.807) is 0 Å². The molecule has 6 rings (SSSR count). The zero-order chi connectivity index (χ0) is 21.3. The summed E-state index contributed by atoms with van der Waals surface area (Å²) < 4.78 is 11.2. The second-order valence-electron chi connectivity index (χ2n) is 7.86. The number of nitrogens with zero attached hydrogens (tertiary/aromatic N) is 5. The summed E-state index contributed by atoms with van der Waals surface area (Å²) in [6.45, 7) is 3.73. The minimum Gasteiger partial charge on any atom is -0.473 e. The SMILES string of the molecule is c1ccc(C2COC(c3ncc(-c4c[nH]c5ncc(N6CCOCC6)cc45)cn3)=N2)cc1. The van der Waals surface area contributed by atoms with E-state index in [1.165, 1.54) is 0 Å². The number of rotatable bonds is 4. The van der Waals surface area contributed by atoms with Crippen molar-refractivity contribution in [3.8, 4) is 11.1 Å². The molecule has 1 saturated heterocycles. The first-order chi connectivity index (χ1) is 15.8. The summed E-state index contributed by atoms with van der Waals surface area (Å²) in [6, 6.07) is 12.3. The summed E-state index contributed by atoms with van der Waals surface area (Å²) in [6.07, 6.45) is 7.49. The number of anilines is 1. The van der Waals surface area contributed by atoms with Crippen molar-refractivity contribution in [2.75, 3.05) is 37.8 Å². The normalized spacial score (nSPS) is 18.6. The Morgan fingerprint density at radius 1 is 0.969 bits per heavy atom. The van der Waals surface area contributed by atoms with Crippen molar-refractivity contribution in [3.05, 3.63) is 72.6 Å². The Labute approximate surface area is 185 Å². The van der Waals surface area contributed by atoms with Crippen LogP contribution >= 0.6 is 0 Å². The van der Waals surface area contributed by atoms with Crippen molar-refractivity contribution >= 4 is 22.6 Å².